The lowest BCUT2D eigenvalue weighted by Crippen LogP contribution is -2.52. The van der Waals surface area contributed by atoms with Crippen LogP contribution in [0.1, 0.15) is 66.9 Å². The van der Waals surface area contributed by atoms with Gasteiger partial charge in [0.1, 0.15) is 6.04 Å². The molecule has 154 valence electrons. The molecule has 1 fully saturated rings. The predicted octanol–water partition coefficient (Wildman–Crippen LogP) is 4.59. The first-order chi connectivity index (χ1) is 14.0. The first-order valence-electron chi connectivity index (χ1n) is 10.7. The highest BCUT2D eigenvalue weighted by atomic mass is 16.2. The van der Waals surface area contributed by atoms with E-state index in [1.807, 2.05) is 45.0 Å². The lowest BCUT2D eigenvalue weighted by molar-refractivity contribution is -0.124. The topological polar surface area (TPSA) is 58.2 Å². The van der Waals surface area contributed by atoms with E-state index in [1.54, 1.807) is 6.07 Å². The highest BCUT2D eigenvalue weighted by Gasteiger charge is 2.29. The Balaban J connectivity index is 1.56. The van der Waals surface area contributed by atoms with Gasteiger partial charge in [-0.05, 0) is 61.6 Å². The van der Waals surface area contributed by atoms with Crippen molar-refractivity contribution in [2.24, 2.45) is 5.92 Å². The Morgan fingerprint density at radius 1 is 0.897 bits per heavy atom. The summed E-state index contributed by atoms with van der Waals surface area (Å²) in [5.74, 6) is 0.324. The van der Waals surface area contributed by atoms with Crippen molar-refractivity contribution in [3.63, 3.8) is 0 Å². The quantitative estimate of drug-likeness (QED) is 0.755. The van der Waals surface area contributed by atoms with Crippen molar-refractivity contribution in [3.8, 4) is 0 Å². The summed E-state index contributed by atoms with van der Waals surface area (Å²) in [6.45, 7) is 5.84. The molecule has 1 aliphatic carbocycles. The van der Waals surface area contributed by atoms with Crippen LogP contribution in [0.3, 0.4) is 0 Å². The number of amides is 2. The monoisotopic (exact) mass is 392 g/mol. The van der Waals surface area contributed by atoms with Gasteiger partial charge in [0, 0.05) is 11.6 Å². The average Bonchev–Trinajstić information content (AvgIpc) is 2.73. The number of rotatable bonds is 6. The van der Waals surface area contributed by atoms with Crippen LogP contribution in [0.4, 0.5) is 0 Å². The highest BCUT2D eigenvalue weighted by molar-refractivity contribution is 5.98. The number of benzene rings is 2. The third kappa shape index (κ3) is 5.47. The molecule has 2 aromatic rings. The zero-order valence-electron chi connectivity index (χ0n) is 17.7. The van der Waals surface area contributed by atoms with Crippen LogP contribution in [-0.2, 0) is 4.79 Å². The summed E-state index contributed by atoms with van der Waals surface area (Å²) < 4.78 is 0. The maximum absolute atomic E-state index is 12.9. The van der Waals surface area contributed by atoms with E-state index in [-0.39, 0.29) is 23.8 Å². The van der Waals surface area contributed by atoms with Gasteiger partial charge in [0.05, 0.1) is 0 Å². The molecule has 29 heavy (non-hydrogen) atoms. The van der Waals surface area contributed by atoms with Gasteiger partial charge in [-0.1, -0.05) is 62.4 Å². The summed E-state index contributed by atoms with van der Waals surface area (Å²) in [7, 11) is 0. The lowest BCUT2D eigenvalue weighted by Gasteiger charge is -2.31. The van der Waals surface area contributed by atoms with Crippen LogP contribution in [0.25, 0.3) is 0 Å². The Labute approximate surface area is 174 Å². The van der Waals surface area contributed by atoms with Crippen LogP contribution in [0.15, 0.2) is 54.6 Å². The van der Waals surface area contributed by atoms with E-state index >= 15 is 0 Å². The third-order valence-electron chi connectivity index (χ3n) is 5.97. The molecule has 1 aliphatic rings. The third-order valence-corrected chi connectivity index (χ3v) is 5.97. The van der Waals surface area contributed by atoms with Crippen molar-refractivity contribution >= 4 is 11.8 Å². The van der Waals surface area contributed by atoms with Gasteiger partial charge in [-0.3, -0.25) is 9.59 Å². The standard InChI is InChI=1S/C25H32N2O2/c1-17(2)23(27-24(28)22-12-8-7-9-18(22)3)25(29)26-21-15-13-20(14-16-21)19-10-5-4-6-11-19/h4-12,17,20-21,23H,13-16H2,1-3H3,(H,26,29)(H,27,28). The zero-order valence-corrected chi connectivity index (χ0v) is 17.7. The molecule has 0 bridgehead atoms. The fourth-order valence-electron chi connectivity index (χ4n) is 4.17. The van der Waals surface area contributed by atoms with Gasteiger partial charge in [0.15, 0.2) is 0 Å². The first-order valence-corrected chi connectivity index (χ1v) is 10.7. The SMILES string of the molecule is Cc1ccccc1C(=O)NC(C(=O)NC1CCC(c2ccccc2)CC1)C(C)C. The molecule has 0 spiro atoms. The van der Waals surface area contributed by atoms with Crippen LogP contribution in [0.5, 0.6) is 0 Å². The number of nitrogens with one attached hydrogen (secondary N) is 2. The van der Waals surface area contributed by atoms with E-state index in [4.69, 9.17) is 0 Å². The second-order valence-corrected chi connectivity index (χ2v) is 8.48. The van der Waals surface area contributed by atoms with E-state index in [0.29, 0.717) is 11.5 Å². The fraction of sp³-hybridized carbons (Fsp3) is 0.440. The predicted molar refractivity (Wildman–Crippen MR) is 117 cm³/mol. The number of carbonyl (C=O) groups excluding carboxylic acids is 2. The highest BCUT2D eigenvalue weighted by Crippen LogP contribution is 2.32. The molecule has 2 N–H and O–H groups in total. The van der Waals surface area contributed by atoms with Gasteiger partial charge in [-0.25, -0.2) is 0 Å². The number of carbonyl (C=O) groups is 2. The van der Waals surface area contributed by atoms with Crippen molar-refractivity contribution in [2.45, 2.75) is 64.5 Å². The molecule has 1 saturated carbocycles. The summed E-state index contributed by atoms with van der Waals surface area (Å²) in [6.07, 6.45) is 4.11. The van der Waals surface area contributed by atoms with E-state index in [9.17, 15) is 9.59 Å². The largest absolute Gasteiger partial charge is 0.352 e. The van der Waals surface area contributed by atoms with Crippen LogP contribution in [0, 0.1) is 12.8 Å². The summed E-state index contributed by atoms with van der Waals surface area (Å²) in [5.41, 5.74) is 2.92. The Hall–Kier alpha value is -2.62. The Morgan fingerprint density at radius 2 is 1.52 bits per heavy atom. The van der Waals surface area contributed by atoms with Gasteiger partial charge < -0.3 is 10.6 Å². The van der Waals surface area contributed by atoms with Gasteiger partial charge in [0.25, 0.3) is 5.91 Å². The minimum atomic E-state index is -0.533. The van der Waals surface area contributed by atoms with Crippen LogP contribution >= 0.6 is 0 Å². The van der Waals surface area contributed by atoms with Crippen LogP contribution in [-0.4, -0.2) is 23.9 Å². The van der Waals surface area contributed by atoms with Crippen LogP contribution in [0.2, 0.25) is 0 Å². The van der Waals surface area contributed by atoms with Crippen molar-refractivity contribution in [1.82, 2.24) is 10.6 Å². The zero-order chi connectivity index (χ0) is 20.8. The minimum Gasteiger partial charge on any atom is -0.352 e. The van der Waals surface area contributed by atoms with E-state index in [0.717, 1.165) is 31.2 Å². The molecule has 0 saturated heterocycles. The van der Waals surface area contributed by atoms with Crippen molar-refractivity contribution in [1.29, 1.82) is 0 Å². The maximum atomic E-state index is 12.9. The van der Waals surface area contributed by atoms with E-state index in [2.05, 4.69) is 34.9 Å². The molecular weight excluding hydrogens is 360 g/mol. The summed E-state index contributed by atoms with van der Waals surface area (Å²) in [5, 5.41) is 6.14. The number of hydrogen-bond donors (Lipinski definition) is 2. The summed E-state index contributed by atoms with van der Waals surface area (Å²) in [6, 6.07) is 17.7. The second kappa shape index (κ2) is 9.73. The van der Waals surface area contributed by atoms with Gasteiger partial charge >= 0.3 is 0 Å². The summed E-state index contributed by atoms with van der Waals surface area (Å²) in [4.78, 5) is 25.6. The Kier molecular flexibility index (Phi) is 7.08. The second-order valence-electron chi connectivity index (χ2n) is 8.48. The molecule has 4 heteroatoms. The van der Waals surface area contributed by atoms with Gasteiger partial charge in [0.2, 0.25) is 5.91 Å². The van der Waals surface area contributed by atoms with Crippen LogP contribution < -0.4 is 10.6 Å². The molecule has 1 unspecified atom stereocenters. The molecule has 2 amide bonds. The maximum Gasteiger partial charge on any atom is 0.252 e. The molecule has 0 aliphatic heterocycles. The van der Waals surface area contributed by atoms with Crippen molar-refractivity contribution in [2.75, 3.05) is 0 Å². The molecule has 0 radical (unpaired) electrons. The Morgan fingerprint density at radius 3 is 2.14 bits per heavy atom. The Bertz CT molecular complexity index is 824. The molecule has 3 rings (SSSR count). The molecule has 4 nitrogen and oxygen atoms in total. The normalized spacial score (nSPS) is 20.1. The average molecular weight is 393 g/mol. The molecular formula is C25H32N2O2. The molecule has 0 aromatic heterocycles. The summed E-state index contributed by atoms with van der Waals surface area (Å²) >= 11 is 0. The van der Waals surface area contributed by atoms with Crippen molar-refractivity contribution < 1.29 is 9.59 Å². The lowest BCUT2D eigenvalue weighted by atomic mass is 9.81. The smallest absolute Gasteiger partial charge is 0.252 e. The van der Waals surface area contributed by atoms with E-state index in [1.165, 1.54) is 5.56 Å². The van der Waals surface area contributed by atoms with E-state index < -0.39 is 6.04 Å². The molecule has 2 aromatic carbocycles. The fourth-order valence-corrected chi connectivity index (χ4v) is 4.17. The molecule has 1 atom stereocenters. The minimum absolute atomic E-state index is 0.0172. The molecule has 0 heterocycles. The first kappa shape index (κ1) is 21.1. The number of hydrogen-bond acceptors (Lipinski definition) is 2. The number of aryl methyl sites for hydroxylation is 1. The van der Waals surface area contributed by atoms with Gasteiger partial charge in [-0.2, -0.15) is 0 Å². The van der Waals surface area contributed by atoms with Crippen molar-refractivity contribution in [3.05, 3.63) is 71.3 Å². The van der Waals surface area contributed by atoms with Gasteiger partial charge in [-0.15, -0.1) is 0 Å².